The van der Waals surface area contributed by atoms with Crippen LogP contribution < -0.4 is 0 Å². The standard InChI is InChI=1S/C46H80O4/c1-3-5-7-9-11-13-15-17-19-21-22-24-26-28-30-32-34-36-38-43-46(49)50-44(41-39-42-45(47)48)40-37-35-33-31-29-27-25-23-20-18-16-14-12-10-8-6-4-2/h5,7,11,13,17,19,22,24,28,30,44H,3-4,6,8-10,12,14-16,18,20-21,23,25-27,29,31-43H2,1-2H3,(H,47,48)/b7-5-,13-11-,19-17-,24-22-,30-28-. The fraction of sp³-hybridized carbons (Fsp3) is 0.739. The first-order valence-corrected chi connectivity index (χ1v) is 21.3. The van der Waals surface area contributed by atoms with E-state index >= 15 is 0 Å². The largest absolute Gasteiger partial charge is 0.481 e. The van der Waals surface area contributed by atoms with Crippen LogP contribution in [-0.4, -0.2) is 23.1 Å². The van der Waals surface area contributed by atoms with E-state index in [9.17, 15) is 9.59 Å². The van der Waals surface area contributed by atoms with Crippen molar-refractivity contribution in [2.24, 2.45) is 0 Å². The number of carboxylic acids is 1. The minimum atomic E-state index is -0.777. The molecule has 0 heterocycles. The Bertz CT molecular complexity index is 881. The van der Waals surface area contributed by atoms with E-state index in [0.717, 1.165) is 70.6 Å². The summed E-state index contributed by atoms with van der Waals surface area (Å²) >= 11 is 0. The molecule has 0 fully saturated rings. The first kappa shape index (κ1) is 47.6. The van der Waals surface area contributed by atoms with E-state index < -0.39 is 5.97 Å². The highest BCUT2D eigenvalue weighted by molar-refractivity contribution is 5.69. The second-order valence-corrected chi connectivity index (χ2v) is 14.2. The minimum absolute atomic E-state index is 0.118. The van der Waals surface area contributed by atoms with Crippen LogP contribution in [-0.2, 0) is 14.3 Å². The number of aliphatic carboxylic acids is 1. The van der Waals surface area contributed by atoms with Crippen LogP contribution in [0.2, 0.25) is 0 Å². The summed E-state index contributed by atoms with van der Waals surface area (Å²) in [6.45, 7) is 4.44. The fourth-order valence-corrected chi connectivity index (χ4v) is 6.16. The molecule has 288 valence electrons. The summed E-state index contributed by atoms with van der Waals surface area (Å²) in [4.78, 5) is 23.5. The summed E-state index contributed by atoms with van der Waals surface area (Å²) in [6, 6.07) is 0. The number of allylic oxidation sites excluding steroid dienone is 10. The molecule has 0 aliphatic carbocycles. The second kappa shape index (κ2) is 41.1. The van der Waals surface area contributed by atoms with Crippen LogP contribution in [0.4, 0.5) is 0 Å². The van der Waals surface area contributed by atoms with Gasteiger partial charge in [-0.2, -0.15) is 0 Å². The topological polar surface area (TPSA) is 63.6 Å². The van der Waals surface area contributed by atoms with Crippen molar-refractivity contribution < 1.29 is 19.4 Å². The molecule has 0 aliphatic heterocycles. The molecule has 0 radical (unpaired) electrons. The predicted octanol–water partition coefficient (Wildman–Crippen LogP) is 14.9. The number of hydrogen-bond acceptors (Lipinski definition) is 3. The van der Waals surface area contributed by atoms with Crippen molar-refractivity contribution in [1.29, 1.82) is 0 Å². The third-order valence-corrected chi connectivity index (χ3v) is 9.25. The van der Waals surface area contributed by atoms with E-state index in [2.05, 4.69) is 74.6 Å². The van der Waals surface area contributed by atoms with Gasteiger partial charge < -0.3 is 9.84 Å². The first-order valence-electron chi connectivity index (χ1n) is 21.3. The van der Waals surface area contributed by atoms with E-state index in [1.807, 2.05) is 0 Å². The number of ether oxygens (including phenoxy) is 1. The summed E-state index contributed by atoms with van der Waals surface area (Å²) in [6.07, 6.45) is 56.7. The summed E-state index contributed by atoms with van der Waals surface area (Å²) in [5.41, 5.74) is 0. The van der Waals surface area contributed by atoms with Gasteiger partial charge in [-0.15, -0.1) is 0 Å². The average molecular weight is 697 g/mol. The van der Waals surface area contributed by atoms with Crippen LogP contribution in [0.1, 0.15) is 213 Å². The van der Waals surface area contributed by atoms with Crippen LogP contribution in [0, 0.1) is 0 Å². The Morgan fingerprint density at radius 3 is 1.32 bits per heavy atom. The van der Waals surface area contributed by atoms with Crippen molar-refractivity contribution in [2.75, 3.05) is 0 Å². The lowest BCUT2D eigenvalue weighted by atomic mass is 10.0. The molecule has 1 unspecified atom stereocenters. The molecule has 0 spiro atoms. The Morgan fingerprint density at radius 2 is 0.860 bits per heavy atom. The predicted molar refractivity (Wildman–Crippen MR) is 218 cm³/mol. The lowest BCUT2D eigenvalue weighted by Crippen LogP contribution is -2.18. The number of carbonyl (C=O) groups excluding carboxylic acids is 1. The van der Waals surface area contributed by atoms with Gasteiger partial charge in [0.1, 0.15) is 6.10 Å². The van der Waals surface area contributed by atoms with Crippen LogP contribution in [0.25, 0.3) is 0 Å². The number of carboxylic acid groups (broad SMARTS) is 1. The van der Waals surface area contributed by atoms with Crippen molar-refractivity contribution in [3.05, 3.63) is 60.8 Å². The van der Waals surface area contributed by atoms with Gasteiger partial charge in [-0.1, -0.05) is 184 Å². The number of hydrogen-bond donors (Lipinski definition) is 1. The monoisotopic (exact) mass is 697 g/mol. The number of carbonyl (C=O) groups is 2. The van der Waals surface area contributed by atoms with Gasteiger partial charge in [0.2, 0.25) is 0 Å². The van der Waals surface area contributed by atoms with Crippen molar-refractivity contribution in [3.8, 4) is 0 Å². The molecule has 0 aromatic carbocycles. The van der Waals surface area contributed by atoms with Crippen LogP contribution in [0.5, 0.6) is 0 Å². The quantitative estimate of drug-likeness (QED) is 0.0396. The third-order valence-electron chi connectivity index (χ3n) is 9.25. The second-order valence-electron chi connectivity index (χ2n) is 14.2. The van der Waals surface area contributed by atoms with Gasteiger partial charge in [0.25, 0.3) is 0 Å². The first-order chi connectivity index (χ1) is 24.6. The molecular formula is C46H80O4. The zero-order valence-electron chi connectivity index (χ0n) is 32.9. The third kappa shape index (κ3) is 40.1. The van der Waals surface area contributed by atoms with Gasteiger partial charge in [-0.05, 0) is 77.0 Å². The molecule has 1 N–H and O–H groups in total. The Morgan fingerprint density at radius 1 is 0.460 bits per heavy atom. The SMILES string of the molecule is CC/C=C\C/C=C\C/C=C\C/C=C\C/C=C\CCCCCC(=O)OC(CCCCCCCCCCCCCCCCCCC)CCCC(=O)O. The average Bonchev–Trinajstić information content (AvgIpc) is 3.10. The molecule has 1 atom stereocenters. The molecule has 0 bridgehead atoms. The maximum atomic E-state index is 12.5. The van der Waals surface area contributed by atoms with E-state index in [1.165, 1.54) is 103 Å². The molecule has 0 aromatic rings. The molecule has 0 amide bonds. The maximum absolute atomic E-state index is 12.5. The lowest BCUT2D eigenvalue weighted by Gasteiger charge is -2.18. The van der Waals surface area contributed by atoms with Gasteiger partial charge in [0.05, 0.1) is 0 Å². The Kier molecular flexibility index (Phi) is 39.1. The van der Waals surface area contributed by atoms with Gasteiger partial charge >= 0.3 is 11.9 Å². The van der Waals surface area contributed by atoms with Crippen molar-refractivity contribution in [3.63, 3.8) is 0 Å². The molecule has 0 saturated heterocycles. The van der Waals surface area contributed by atoms with Crippen LogP contribution in [0.15, 0.2) is 60.8 Å². The zero-order chi connectivity index (χ0) is 36.4. The van der Waals surface area contributed by atoms with Gasteiger partial charge in [-0.3, -0.25) is 9.59 Å². The highest BCUT2D eigenvalue weighted by Gasteiger charge is 2.15. The fourth-order valence-electron chi connectivity index (χ4n) is 6.16. The van der Waals surface area contributed by atoms with E-state index in [1.54, 1.807) is 0 Å². The summed E-state index contributed by atoms with van der Waals surface area (Å²) in [5.74, 6) is -0.896. The smallest absolute Gasteiger partial charge is 0.306 e. The highest BCUT2D eigenvalue weighted by atomic mass is 16.5. The van der Waals surface area contributed by atoms with Gasteiger partial charge in [-0.25, -0.2) is 0 Å². The molecule has 4 heteroatoms. The Hall–Kier alpha value is -2.36. The molecule has 4 nitrogen and oxygen atoms in total. The highest BCUT2D eigenvalue weighted by Crippen LogP contribution is 2.18. The number of unbranched alkanes of at least 4 members (excludes halogenated alkanes) is 19. The van der Waals surface area contributed by atoms with Crippen molar-refractivity contribution in [1.82, 2.24) is 0 Å². The molecule has 0 rings (SSSR count). The van der Waals surface area contributed by atoms with Crippen LogP contribution in [0.3, 0.4) is 0 Å². The number of esters is 1. The molecule has 0 aromatic heterocycles. The molecule has 0 aliphatic rings. The van der Waals surface area contributed by atoms with Gasteiger partial charge in [0.15, 0.2) is 0 Å². The summed E-state index contributed by atoms with van der Waals surface area (Å²) in [7, 11) is 0. The lowest BCUT2D eigenvalue weighted by molar-refractivity contribution is -0.150. The molecule has 0 saturated carbocycles. The van der Waals surface area contributed by atoms with Crippen molar-refractivity contribution >= 4 is 11.9 Å². The van der Waals surface area contributed by atoms with E-state index in [4.69, 9.17) is 9.84 Å². The summed E-state index contributed by atoms with van der Waals surface area (Å²) in [5, 5.41) is 9.05. The summed E-state index contributed by atoms with van der Waals surface area (Å²) < 4.78 is 5.83. The zero-order valence-corrected chi connectivity index (χ0v) is 32.9. The Balaban J connectivity index is 3.87. The van der Waals surface area contributed by atoms with Crippen molar-refractivity contribution in [2.45, 2.75) is 219 Å². The molecule has 50 heavy (non-hydrogen) atoms. The van der Waals surface area contributed by atoms with Crippen LogP contribution >= 0.6 is 0 Å². The Labute approximate surface area is 310 Å². The normalized spacial score (nSPS) is 12.8. The maximum Gasteiger partial charge on any atom is 0.306 e. The number of rotatable bonds is 38. The van der Waals surface area contributed by atoms with Gasteiger partial charge in [0, 0.05) is 12.8 Å². The van der Waals surface area contributed by atoms with E-state index in [0.29, 0.717) is 19.3 Å². The molecular weight excluding hydrogens is 617 g/mol. The van der Waals surface area contributed by atoms with E-state index in [-0.39, 0.29) is 18.5 Å². The minimum Gasteiger partial charge on any atom is -0.481 e.